The molecule has 0 aromatic carbocycles. The molecule has 1 aliphatic rings. The van der Waals surface area contributed by atoms with Crippen LogP contribution in [0, 0.1) is 5.92 Å². The molecule has 1 aliphatic heterocycles. The van der Waals surface area contributed by atoms with Gasteiger partial charge in [0.05, 0.1) is 7.11 Å². The first-order chi connectivity index (χ1) is 5.79. The smallest absolute Gasteiger partial charge is 0.323 e. The van der Waals surface area contributed by atoms with Gasteiger partial charge >= 0.3 is 5.97 Å². The summed E-state index contributed by atoms with van der Waals surface area (Å²) in [6, 6.07) is -0.106. The van der Waals surface area contributed by atoms with Gasteiger partial charge in [-0.1, -0.05) is 0 Å². The fraction of sp³-hybridized carbons (Fsp3) is 0.875. The number of nitrogens with one attached hydrogen (secondary N) is 1. The Kier molecular flexibility index (Phi) is 3.88. The maximum atomic E-state index is 11.2. The third-order valence-electron chi connectivity index (χ3n) is 2.20. The van der Waals surface area contributed by atoms with Crippen LogP contribution in [0.4, 0.5) is 0 Å². The highest BCUT2D eigenvalue weighted by Crippen LogP contribution is 2.26. The van der Waals surface area contributed by atoms with E-state index in [1.54, 1.807) is 0 Å². The summed E-state index contributed by atoms with van der Waals surface area (Å²) in [5.74, 6) is 2.55. The van der Waals surface area contributed by atoms with Crippen molar-refractivity contribution in [3.8, 4) is 0 Å². The largest absolute Gasteiger partial charge is 0.468 e. The van der Waals surface area contributed by atoms with Gasteiger partial charge in [0.15, 0.2) is 0 Å². The predicted octanol–water partition coefficient (Wildman–Crippen LogP) is 0.500. The Bertz CT molecular complexity index is 157. The van der Waals surface area contributed by atoms with Crippen molar-refractivity contribution in [2.75, 3.05) is 25.7 Å². The summed E-state index contributed by atoms with van der Waals surface area (Å²) in [4.78, 5) is 11.2. The number of carbonyl (C=O) groups excluding carboxylic acids is 1. The van der Waals surface area contributed by atoms with Crippen LogP contribution in [0.25, 0.3) is 0 Å². The van der Waals surface area contributed by atoms with Gasteiger partial charge < -0.3 is 10.1 Å². The Hall–Kier alpha value is -0.220. The molecule has 1 heterocycles. The third kappa shape index (κ3) is 2.14. The van der Waals surface area contributed by atoms with Crippen molar-refractivity contribution in [2.24, 2.45) is 5.92 Å². The fourth-order valence-corrected chi connectivity index (χ4v) is 2.79. The lowest BCUT2D eigenvalue weighted by Crippen LogP contribution is -2.41. The summed E-state index contributed by atoms with van der Waals surface area (Å²) in [5.41, 5.74) is 0. The molecule has 1 fully saturated rings. The highest BCUT2D eigenvalue weighted by atomic mass is 32.2. The van der Waals surface area contributed by atoms with Gasteiger partial charge in [0.25, 0.3) is 0 Å². The van der Waals surface area contributed by atoms with Crippen molar-refractivity contribution in [1.82, 2.24) is 5.32 Å². The Morgan fingerprint density at radius 1 is 1.75 bits per heavy atom. The molecule has 2 atom stereocenters. The molecule has 0 spiro atoms. The van der Waals surface area contributed by atoms with Gasteiger partial charge in [-0.3, -0.25) is 4.79 Å². The van der Waals surface area contributed by atoms with E-state index in [0.29, 0.717) is 5.92 Å². The van der Waals surface area contributed by atoms with Crippen LogP contribution in [0.5, 0.6) is 0 Å². The lowest BCUT2D eigenvalue weighted by Gasteiger charge is -2.19. The number of ether oxygens (including phenoxy) is 1. The minimum Gasteiger partial charge on any atom is -0.468 e. The number of hydrogen-bond donors (Lipinski definition) is 1. The molecule has 3 nitrogen and oxygen atoms in total. The van der Waals surface area contributed by atoms with Crippen LogP contribution >= 0.6 is 11.8 Å². The maximum absolute atomic E-state index is 11.2. The molecule has 0 saturated carbocycles. The molecule has 0 aliphatic carbocycles. The Labute approximate surface area is 77.2 Å². The van der Waals surface area contributed by atoms with E-state index >= 15 is 0 Å². The normalized spacial score (nSPS) is 25.3. The zero-order valence-electron chi connectivity index (χ0n) is 7.50. The molecule has 1 saturated heterocycles. The highest BCUT2D eigenvalue weighted by Gasteiger charge is 2.30. The standard InChI is InChI=1S/C8H15NO2S/c1-9-7(8(10)11-2)6-3-4-12-5-6/h6-7,9H,3-5H2,1-2H3. The predicted molar refractivity (Wildman–Crippen MR) is 50.3 cm³/mol. The van der Waals surface area contributed by atoms with Crippen LogP contribution in [-0.2, 0) is 9.53 Å². The first-order valence-electron chi connectivity index (χ1n) is 4.12. The minimum absolute atomic E-state index is 0.106. The molecule has 0 radical (unpaired) electrons. The van der Waals surface area contributed by atoms with Gasteiger partial charge in [-0.15, -0.1) is 0 Å². The first-order valence-corrected chi connectivity index (χ1v) is 5.28. The number of hydrogen-bond acceptors (Lipinski definition) is 4. The SMILES string of the molecule is CNC(C(=O)OC)C1CCSC1. The van der Waals surface area contributed by atoms with Gasteiger partial charge in [-0.2, -0.15) is 11.8 Å². The first kappa shape index (κ1) is 9.86. The number of thioether (sulfide) groups is 1. The second-order valence-corrected chi connectivity index (χ2v) is 4.06. The van der Waals surface area contributed by atoms with E-state index in [-0.39, 0.29) is 12.0 Å². The molecule has 0 aromatic heterocycles. The molecular weight excluding hydrogens is 174 g/mol. The summed E-state index contributed by atoms with van der Waals surface area (Å²) in [5, 5.41) is 3.01. The molecule has 2 unspecified atom stereocenters. The number of rotatable bonds is 3. The van der Waals surface area contributed by atoms with Crippen LogP contribution in [0.3, 0.4) is 0 Å². The van der Waals surface area contributed by atoms with Crippen LogP contribution in [0.1, 0.15) is 6.42 Å². The van der Waals surface area contributed by atoms with Crippen molar-refractivity contribution in [3.63, 3.8) is 0 Å². The Balaban J connectivity index is 2.48. The molecule has 0 amide bonds. The van der Waals surface area contributed by atoms with Gasteiger partial charge in [0.2, 0.25) is 0 Å². The van der Waals surface area contributed by atoms with E-state index in [1.807, 2.05) is 18.8 Å². The molecule has 0 bridgehead atoms. The lowest BCUT2D eigenvalue weighted by molar-refractivity contribution is -0.144. The van der Waals surface area contributed by atoms with E-state index < -0.39 is 0 Å². The van der Waals surface area contributed by atoms with E-state index in [4.69, 9.17) is 4.74 Å². The van der Waals surface area contributed by atoms with Gasteiger partial charge in [0, 0.05) is 0 Å². The van der Waals surface area contributed by atoms with Crippen molar-refractivity contribution in [2.45, 2.75) is 12.5 Å². The summed E-state index contributed by atoms with van der Waals surface area (Å²) in [7, 11) is 3.25. The average molecular weight is 189 g/mol. The molecule has 70 valence electrons. The monoisotopic (exact) mass is 189 g/mol. The van der Waals surface area contributed by atoms with Gasteiger partial charge in [-0.25, -0.2) is 0 Å². The van der Waals surface area contributed by atoms with Gasteiger partial charge in [-0.05, 0) is 30.9 Å². The summed E-state index contributed by atoms with van der Waals surface area (Å²) in [6.45, 7) is 0. The second kappa shape index (κ2) is 4.72. The summed E-state index contributed by atoms with van der Waals surface area (Å²) >= 11 is 1.91. The quantitative estimate of drug-likeness (QED) is 0.656. The minimum atomic E-state index is -0.134. The molecule has 1 N–H and O–H groups in total. The van der Waals surface area contributed by atoms with E-state index in [2.05, 4.69) is 5.32 Å². The van der Waals surface area contributed by atoms with Crippen LogP contribution < -0.4 is 5.32 Å². The van der Waals surface area contributed by atoms with E-state index in [9.17, 15) is 4.79 Å². The lowest BCUT2D eigenvalue weighted by atomic mass is 10.00. The zero-order valence-corrected chi connectivity index (χ0v) is 8.32. The topological polar surface area (TPSA) is 38.3 Å². The Morgan fingerprint density at radius 2 is 2.50 bits per heavy atom. The van der Waals surface area contributed by atoms with E-state index in [1.165, 1.54) is 12.9 Å². The number of carbonyl (C=O) groups is 1. The van der Waals surface area contributed by atoms with Gasteiger partial charge in [0.1, 0.15) is 6.04 Å². The molecule has 0 aromatic rings. The number of likely N-dealkylation sites (N-methyl/N-ethyl adjacent to an activating group) is 1. The van der Waals surface area contributed by atoms with E-state index in [0.717, 1.165) is 12.2 Å². The number of methoxy groups -OCH3 is 1. The van der Waals surface area contributed by atoms with Crippen molar-refractivity contribution in [3.05, 3.63) is 0 Å². The van der Waals surface area contributed by atoms with Crippen LogP contribution in [0.2, 0.25) is 0 Å². The molecule has 12 heavy (non-hydrogen) atoms. The molecular formula is C8H15NO2S. The maximum Gasteiger partial charge on any atom is 0.323 e. The summed E-state index contributed by atoms with van der Waals surface area (Å²) < 4.78 is 4.70. The van der Waals surface area contributed by atoms with Crippen LogP contribution in [-0.4, -0.2) is 37.7 Å². The fourth-order valence-electron chi connectivity index (χ4n) is 1.49. The molecule has 4 heteroatoms. The third-order valence-corrected chi connectivity index (χ3v) is 3.39. The average Bonchev–Trinajstić information content (AvgIpc) is 2.58. The number of esters is 1. The zero-order chi connectivity index (χ0) is 8.97. The van der Waals surface area contributed by atoms with Crippen molar-refractivity contribution >= 4 is 17.7 Å². The second-order valence-electron chi connectivity index (χ2n) is 2.91. The molecule has 1 rings (SSSR count). The van der Waals surface area contributed by atoms with Crippen LogP contribution in [0.15, 0.2) is 0 Å². The van der Waals surface area contributed by atoms with Crippen molar-refractivity contribution in [1.29, 1.82) is 0 Å². The Morgan fingerprint density at radius 3 is 2.92 bits per heavy atom. The highest BCUT2D eigenvalue weighted by molar-refractivity contribution is 7.99. The summed E-state index contributed by atoms with van der Waals surface area (Å²) in [6.07, 6.45) is 1.12. The van der Waals surface area contributed by atoms with Crippen molar-refractivity contribution < 1.29 is 9.53 Å².